The first-order valence-corrected chi connectivity index (χ1v) is 12.1. The Morgan fingerprint density at radius 2 is 1.76 bits per heavy atom. The molecular formula is C30H24N6O2. The summed E-state index contributed by atoms with van der Waals surface area (Å²) >= 11 is 0. The highest BCUT2D eigenvalue weighted by molar-refractivity contribution is 6.07. The predicted octanol–water partition coefficient (Wildman–Crippen LogP) is 5.07. The quantitative estimate of drug-likeness (QED) is 0.336. The molecule has 0 aliphatic rings. The maximum absolute atomic E-state index is 13.0. The van der Waals surface area contributed by atoms with Crippen LogP contribution in [0.2, 0.25) is 0 Å². The molecule has 0 saturated carbocycles. The van der Waals surface area contributed by atoms with Crippen LogP contribution in [0.5, 0.6) is 0 Å². The number of aromatic nitrogens is 3. The smallest absolute Gasteiger partial charge is 0.258 e. The number of pyridine rings is 1. The molecule has 186 valence electrons. The summed E-state index contributed by atoms with van der Waals surface area (Å²) in [6, 6.07) is 27.1. The molecule has 0 atom stereocenters. The van der Waals surface area contributed by atoms with E-state index in [0.717, 1.165) is 11.1 Å². The van der Waals surface area contributed by atoms with Gasteiger partial charge in [-0.3, -0.25) is 19.9 Å². The number of aryl methyl sites for hydroxylation is 2. The molecule has 0 unspecified atom stereocenters. The number of hydrogen-bond acceptors (Lipinski definition) is 5. The SMILES string of the molecule is CN(C(=O)c1ccccc1)c1ccc2c(c1)nc(NC(=O)c1ccc(C#N)cc1)n2CCc1cccnc1. The third-order valence-corrected chi connectivity index (χ3v) is 6.29. The minimum atomic E-state index is -0.330. The Hall–Kier alpha value is -5.29. The largest absolute Gasteiger partial charge is 0.311 e. The third kappa shape index (κ3) is 5.13. The second-order valence-corrected chi connectivity index (χ2v) is 8.74. The maximum atomic E-state index is 13.0. The number of nitrogens with one attached hydrogen (secondary N) is 1. The molecule has 0 aliphatic carbocycles. The van der Waals surface area contributed by atoms with Crippen molar-refractivity contribution in [1.82, 2.24) is 14.5 Å². The van der Waals surface area contributed by atoms with Crippen molar-refractivity contribution < 1.29 is 9.59 Å². The van der Waals surface area contributed by atoms with E-state index in [1.165, 1.54) is 0 Å². The molecule has 0 saturated heterocycles. The topological polar surface area (TPSA) is 104 Å². The zero-order valence-electron chi connectivity index (χ0n) is 20.7. The summed E-state index contributed by atoms with van der Waals surface area (Å²) in [4.78, 5) is 36.5. The number of amides is 2. The van der Waals surface area contributed by atoms with E-state index in [2.05, 4.69) is 16.4 Å². The van der Waals surface area contributed by atoms with Crippen molar-refractivity contribution in [1.29, 1.82) is 5.26 Å². The van der Waals surface area contributed by atoms with Crippen molar-refractivity contribution in [3.05, 3.63) is 120 Å². The number of anilines is 2. The number of benzene rings is 3. The van der Waals surface area contributed by atoms with Crippen LogP contribution in [0.4, 0.5) is 11.6 Å². The molecule has 0 spiro atoms. The molecule has 2 amide bonds. The second-order valence-electron chi connectivity index (χ2n) is 8.74. The molecule has 38 heavy (non-hydrogen) atoms. The van der Waals surface area contributed by atoms with Gasteiger partial charge in [-0.2, -0.15) is 5.26 Å². The monoisotopic (exact) mass is 500 g/mol. The van der Waals surface area contributed by atoms with E-state index in [9.17, 15) is 9.59 Å². The zero-order valence-corrected chi connectivity index (χ0v) is 20.7. The van der Waals surface area contributed by atoms with Crippen LogP contribution in [0, 0.1) is 11.3 Å². The number of rotatable bonds is 7. The van der Waals surface area contributed by atoms with Crippen LogP contribution in [0.3, 0.4) is 0 Å². The van der Waals surface area contributed by atoms with Gasteiger partial charge >= 0.3 is 0 Å². The zero-order chi connectivity index (χ0) is 26.5. The first-order valence-electron chi connectivity index (χ1n) is 12.1. The van der Waals surface area contributed by atoms with Crippen LogP contribution in [0.1, 0.15) is 31.8 Å². The molecule has 2 aromatic heterocycles. The number of imidazole rings is 1. The molecule has 1 N–H and O–H groups in total. The number of fused-ring (bicyclic) bond motifs is 1. The van der Waals surface area contributed by atoms with Crippen LogP contribution >= 0.6 is 0 Å². The number of carbonyl (C=O) groups excluding carboxylic acids is 2. The van der Waals surface area contributed by atoms with Gasteiger partial charge in [0.1, 0.15) is 0 Å². The van der Waals surface area contributed by atoms with E-state index in [1.54, 1.807) is 54.5 Å². The Balaban J connectivity index is 1.48. The molecule has 5 rings (SSSR count). The van der Waals surface area contributed by atoms with Crippen molar-refractivity contribution in [3.63, 3.8) is 0 Å². The summed E-state index contributed by atoms with van der Waals surface area (Å²) < 4.78 is 1.95. The van der Waals surface area contributed by atoms with Crippen molar-refractivity contribution in [2.24, 2.45) is 0 Å². The van der Waals surface area contributed by atoms with E-state index < -0.39 is 0 Å². The Labute approximate surface area is 219 Å². The Morgan fingerprint density at radius 3 is 2.47 bits per heavy atom. The molecule has 5 aromatic rings. The minimum absolute atomic E-state index is 0.129. The van der Waals surface area contributed by atoms with E-state index in [1.807, 2.05) is 59.3 Å². The first kappa shape index (κ1) is 24.4. The Bertz CT molecular complexity index is 1640. The van der Waals surface area contributed by atoms with Crippen molar-refractivity contribution in [2.75, 3.05) is 17.3 Å². The fraction of sp³-hybridized carbons (Fsp3) is 0.100. The van der Waals surface area contributed by atoms with Crippen molar-refractivity contribution >= 4 is 34.5 Å². The molecule has 2 heterocycles. The van der Waals surface area contributed by atoms with Gasteiger partial charge in [-0.1, -0.05) is 24.3 Å². The lowest BCUT2D eigenvalue weighted by atomic mass is 10.1. The summed E-state index contributed by atoms with van der Waals surface area (Å²) in [5.74, 6) is -0.0632. The van der Waals surface area contributed by atoms with Crippen molar-refractivity contribution in [2.45, 2.75) is 13.0 Å². The fourth-order valence-electron chi connectivity index (χ4n) is 4.20. The van der Waals surface area contributed by atoms with Gasteiger partial charge in [0.25, 0.3) is 11.8 Å². The van der Waals surface area contributed by atoms with Crippen LogP contribution in [-0.4, -0.2) is 33.4 Å². The van der Waals surface area contributed by atoms with Crippen LogP contribution in [-0.2, 0) is 13.0 Å². The lowest BCUT2D eigenvalue weighted by molar-refractivity contribution is 0.0991. The van der Waals surface area contributed by atoms with E-state index in [4.69, 9.17) is 10.2 Å². The van der Waals surface area contributed by atoms with E-state index >= 15 is 0 Å². The lowest BCUT2D eigenvalue weighted by Crippen LogP contribution is -2.26. The number of hydrogen-bond donors (Lipinski definition) is 1. The average Bonchev–Trinajstić information content (AvgIpc) is 3.32. The first-order chi connectivity index (χ1) is 18.5. The lowest BCUT2D eigenvalue weighted by Gasteiger charge is -2.17. The number of carbonyl (C=O) groups is 2. The summed E-state index contributed by atoms with van der Waals surface area (Å²) in [7, 11) is 1.73. The normalized spacial score (nSPS) is 10.6. The highest BCUT2D eigenvalue weighted by Crippen LogP contribution is 2.26. The Kier molecular flexibility index (Phi) is 6.91. The number of nitrogens with zero attached hydrogens (tertiary/aromatic N) is 5. The molecule has 0 fully saturated rings. The highest BCUT2D eigenvalue weighted by Gasteiger charge is 2.18. The summed E-state index contributed by atoms with van der Waals surface area (Å²) in [5.41, 5.74) is 4.71. The van der Waals surface area contributed by atoms with Gasteiger partial charge < -0.3 is 9.47 Å². The molecule has 8 nitrogen and oxygen atoms in total. The van der Waals surface area contributed by atoms with Crippen LogP contribution in [0.25, 0.3) is 11.0 Å². The maximum Gasteiger partial charge on any atom is 0.258 e. The Morgan fingerprint density at radius 1 is 0.974 bits per heavy atom. The predicted molar refractivity (Wildman–Crippen MR) is 146 cm³/mol. The van der Waals surface area contributed by atoms with Crippen LogP contribution in [0.15, 0.2) is 97.3 Å². The molecule has 0 bridgehead atoms. The van der Waals surface area contributed by atoms with Gasteiger partial charge in [0.15, 0.2) is 0 Å². The summed E-state index contributed by atoms with van der Waals surface area (Å²) in [5, 5.41) is 12.0. The summed E-state index contributed by atoms with van der Waals surface area (Å²) in [6.07, 6.45) is 4.23. The molecule has 0 radical (unpaired) electrons. The number of nitriles is 1. The van der Waals surface area contributed by atoms with E-state index in [-0.39, 0.29) is 11.8 Å². The van der Waals surface area contributed by atoms with Crippen molar-refractivity contribution in [3.8, 4) is 6.07 Å². The minimum Gasteiger partial charge on any atom is -0.311 e. The fourth-order valence-corrected chi connectivity index (χ4v) is 4.20. The second kappa shape index (κ2) is 10.8. The van der Waals surface area contributed by atoms with E-state index in [0.29, 0.717) is 46.8 Å². The highest BCUT2D eigenvalue weighted by atomic mass is 16.2. The summed E-state index contributed by atoms with van der Waals surface area (Å²) in [6.45, 7) is 0.559. The average molecular weight is 501 g/mol. The standard InChI is InChI=1S/C30H24N6O2/c1-35(29(38)24-7-3-2-4-8-24)25-13-14-27-26(18-25)33-30(36(27)17-15-22-6-5-16-32-20-22)34-28(37)23-11-9-21(19-31)10-12-23/h2-14,16,18,20H,15,17H2,1H3,(H,33,34,37). The van der Waals surface area contributed by atoms with Gasteiger partial charge in [0.2, 0.25) is 5.95 Å². The van der Waals surface area contributed by atoms with Gasteiger partial charge in [-0.05, 0) is 72.6 Å². The third-order valence-electron chi connectivity index (χ3n) is 6.29. The molecular weight excluding hydrogens is 476 g/mol. The molecule has 8 heteroatoms. The molecule has 3 aromatic carbocycles. The van der Waals surface area contributed by atoms with Gasteiger partial charge in [0.05, 0.1) is 22.7 Å². The molecule has 0 aliphatic heterocycles. The van der Waals surface area contributed by atoms with Crippen LogP contribution < -0.4 is 10.2 Å². The van der Waals surface area contributed by atoms with Gasteiger partial charge in [-0.15, -0.1) is 0 Å². The van der Waals surface area contributed by atoms with Gasteiger partial charge in [0, 0.05) is 42.8 Å². The van der Waals surface area contributed by atoms with Gasteiger partial charge in [-0.25, -0.2) is 4.98 Å².